The van der Waals surface area contributed by atoms with Crippen LogP contribution in [0.2, 0.25) is 0 Å². The maximum atomic E-state index is 9.07. The molecule has 0 bridgehead atoms. The Bertz CT molecular complexity index is 599. The molecule has 21 heavy (non-hydrogen) atoms. The van der Waals surface area contributed by atoms with Gasteiger partial charge >= 0.3 is 0 Å². The van der Waals surface area contributed by atoms with Gasteiger partial charge in [-0.3, -0.25) is 0 Å². The SMILES string of the molecule is Nc1ccnc(N2CC[C@@H](Cc3ccc(CO)cc3)C2)n1. The second kappa shape index (κ2) is 6.10. The highest BCUT2D eigenvalue weighted by molar-refractivity contribution is 5.38. The molecule has 0 saturated carbocycles. The molecule has 2 heterocycles. The highest BCUT2D eigenvalue weighted by Gasteiger charge is 2.24. The van der Waals surface area contributed by atoms with E-state index in [1.165, 1.54) is 5.56 Å². The van der Waals surface area contributed by atoms with Gasteiger partial charge in [0.15, 0.2) is 0 Å². The summed E-state index contributed by atoms with van der Waals surface area (Å²) in [6.07, 6.45) is 3.89. The third-order valence-corrected chi connectivity index (χ3v) is 3.96. The summed E-state index contributed by atoms with van der Waals surface area (Å²) < 4.78 is 0. The predicted molar refractivity (Wildman–Crippen MR) is 82.8 cm³/mol. The van der Waals surface area contributed by atoms with Gasteiger partial charge in [-0.2, -0.15) is 4.98 Å². The smallest absolute Gasteiger partial charge is 0.227 e. The number of aromatic nitrogens is 2. The Balaban J connectivity index is 1.61. The molecule has 3 rings (SSSR count). The zero-order valence-corrected chi connectivity index (χ0v) is 11.9. The first-order valence-electron chi connectivity index (χ1n) is 7.27. The zero-order chi connectivity index (χ0) is 14.7. The van der Waals surface area contributed by atoms with Crippen LogP contribution in [0.5, 0.6) is 0 Å². The lowest BCUT2D eigenvalue weighted by Gasteiger charge is -2.16. The van der Waals surface area contributed by atoms with E-state index in [1.807, 2.05) is 12.1 Å². The van der Waals surface area contributed by atoms with Gasteiger partial charge in [-0.1, -0.05) is 24.3 Å². The summed E-state index contributed by atoms with van der Waals surface area (Å²) in [4.78, 5) is 10.8. The van der Waals surface area contributed by atoms with Crippen LogP contribution in [-0.4, -0.2) is 28.2 Å². The summed E-state index contributed by atoms with van der Waals surface area (Å²) in [7, 11) is 0. The summed E-state index contributed by atoms with van der Waals surface area (Å²) >= 11 is 0. The van der Waals surface area contributed by atoms with Crippen molar-refractivity contribution in [1.29, 1.82) is 0 Å². The van der Waals surface area contributed by atoms with Gasteiger partial charge in [0.2, 0.25) is 5.95 Å². The number of nitrogen functional groups attached to an aromatic ring is 1. The quantitative estimate of drug-likeness (QED) is 0.892. The second-order valence-corrected chi connectivity index (χ2v) is 5.56. The van der Waals surface area contributed by atoms with Gasteiger partial charge in [0, 0.05) is 19.3 Å². The van der Waals surface area contributed by atoms with Crippen LogP contribution in [0.3, 0.4) is 0 Å². The minimum absolute atomic E-state index is 0.101. The van der Waals surface area contributed by atoms with Crippen molar-refractivity contribution in [3.63, 3.8) is 0 Å². The first-order chi connectivity index (χ1) is 10.2. The number of aliphatic hydroxyl groups excluding tert-OH is 1. The van der Waals surface area contributed by atoms with E-state index in [0.717, 1.165) is 37.4 Å². The van der Waals surface area contributed by atoms with Crippen molar-refractivity contribution in [2.45, 2.75) is 19.4 Å². The number of hydrogen-bond donors (Lipinski definition) is 2. The highest BCUT2D eigenvalue weighted by atomic mass is 16.3. The fraction of sp³-hybridized carbons (Fsp3) is 0.375. The van der Waals surface area contributed by atoms with E-state index in [0.29, 0.717) is 11.7 Å². The fourth-order valence-corrected chi connectivity index (χ4v) is 2.81. The standard InChI is InChI=1S/C16H20N4O/c17-15-5-7-18-16(19-15)20-8-6-14(10-20)9-12-1-3-13(11-21)4-2-12/h1-5,7,14,21H,6,8-11H2,(H2,17,18,19)/t14-/m0/s1. The van der Waals surface area contributed by atoms with Gasteiger partial charge < -0.3 is 15.7 Å². The molecule has 1 saturated heterocycles. The average Bonchev–Trinajstić information content (AvgIpc) is 2.97. The van der Waals surface area contributed by atoms with Crippen LogP contribution in [0.1, 0.15) is 17.5 Å². The van der Waals surface area contributed by atoms with Gasteiger partial charge in [-0.15, -0.1) is 0 Å². The molecule has 0 spiro atoms. The van der Waals surface area contributed by atoms with Gasteiger partial charge in [0.25, 0.3) is 0 Å². The van der Waals surface area contributed by atoms with Crippen LogP contribution >= 0.6 is 0 Å². The lowest BCUT2D eigenvalue weighted by atomic mass is 9.98. The molecule has 5 nitrogen and oxygen atoms in total. The molecular formula is C16H20N4O. The van der Waals surface area contributed by atoms with Crippen LogP contribution in [0, 0.1) is 5.92 Å². The van der Waals surface area contributed by atoms with Crippen LogP contribution in [0.4, 0.5) is 11.8 Å². The predicted octanol–water partition coefficient (Wildman–Crippen LogP) is 1.62. The van der Waals surface area contributed by atoms with E-state index in [-0.39, 0.29) is 6.61 Å². The van der Waals surface area contributed by atoms with Crippen molar-refractivity contribution in [2.75, 3.05) is 23.7 Å². The lowest BCUT2D eigenvalue weighted by molar-refractivity contribution is 0.282. The largest absolute Gasteiger partial charge is 0.392 e. The third-order valence-electron chi connectivity index (χ3n) is 3.96. The molecule has 0 unspecified atom stereocenters. The van der Waals surface area contributed by atoms with E-state index >= 15 is 0 Å². The first kappa shape index (κ1) is 13.8. The molecule has 0 amide bonds. The number of benzene rings is 1. The number of aliphatic hydroxyl groups is 1. The van der Waals surface area contributed by atoms with Gasteiger partial charge in [0.1, 0.15) is 5.82 Å². The Labute approximate surface area is 124 Å². The van der Waals surface area contributed by atoms with Crippen molar-refractivity contribution in [3.8, 4) is 0 Å². The van der Waals surface area contributed by atoms with Crippen LogP contribution < -0.4 is 10.6 Å². The second-order valence-electron chi connectivity index (χ2n) is 5.56. The molecule has 1 atom stereocenters. The summed E-state index contributed by atoms with van der Waals surface area (Å²) in [6.45, 7) is 2.04. The Kier molecular flexibility index (Phi) is 4.01. The molecule has 3 N–H and O–H groups in total. The monoisotopic (exact) mass is 284 g/mol. The van der Waals surface area contributed by atoms with Crippen LogP contribution in [0.25, 0.3) is 0 Å². The van der Waals surface area contributed by atoms with Crippen molar-refractivity contribution in [2.24, 2.45) is 5.92 Å². The van der Waals surface area contributed by atoms with Crippen LogP contribution in [-0.2, 0) is 13.0 Å². The number of hydrogen-bond acceptors (Lipinski definition) is 5. The molecular weight excluding hydrogens is 264 g/mol. The van der Waals surface area contributed by atoms with Crippen molar-refractivity contribution >= 4 is 11.8 Å². The van der Waals surface area contributed by atoms with E-state index in [2.05, 4.69) is 27.0 Å². The molecule has 1 aliphatic rings. The maximum Gasteiger partial charge on any atom is 0.227 e. The molecule has 1 aromatic carbocycles. The molecule has 5 heteroatoms. The van der Waals surface area contributed by atoms with Crippen molar-refractivity contribution < 1.29 is 5.11 Å². The highest BCUT2D eigenvalue weighted by Crippen LogP contribution is 2.24. The van der Waals surface area contributed by atoms with E-state index in [1.54, 1.807) is 12.3 Å². The number of anilines is 2. The Morgan fingerprint density at radius 1 is 1.19 bits per heavy atom. The molecule has 0 aliphatic carbocycles. The van der Waals surface area contributed by atoms with Crippen LogP contribution in [0.15, 0.2) is 36.5 Å². The lowest BCUT2D eigenvalue weighted by Crippen LogP contribution is -2.22. The van der Waals surface area contributed by atoms with Crippen molar-refractivity contribution in [3.05, 3.63) is 47.7 Å². The van der Waals surface area contributed by atoms with Crippen molar-refractivity contribution in [1.82, 2.24) is 9.97 Å². The number of nitrogens with two attached hydrogens (primary N) is 1. The summed E-state index contributed by atoms with van der Waals surface area (Å²) in [5.74, 6) is 1.85. The molecule has 2 aromatic rings. The summed E-state index contributed by atoms with van der Waals surface area (Å²) in [5.41, 5.74) is 7.98. The van der Waals surface area contributed by atoms with Gasteiger partial charge in [-0.25, -0.2) is 4.98 Å². The summed E-state index contributed by atoms with van der Waals surface area (Å²) in [6, 6.07) is 9.89. The summed E-state index contributed by atoms with van der Waals surface area (Å²) in [5, 5.41) is 9.07. The van der Waals surface area contributed by atoms with E-state index < -0.39 is 0 Å². The third kappa shape index (κ3) is 3.31. The van der Waals surface area contributed by atoms with Gasteiger partial charge in [-0.05, 0) is 36.0 Å². The molecule has 1 aliphatic heterocycles. The van der Waals surface area contributed by atoms with E-state index in [9.17, 15) is 0 Å². The topological polar surface area (TPSA) is 75.3 Å². The Hall–Kier alpha value is -2.14. The first-order valence-corrected chi connectivity index (χ1v) is 7.27. The zero-order valence-electron chi connectivity index (χ0n) is 11.9. The molecule has 110 valence electrons. The minimum atomic E-state index is 0.101. The molecule has 0 radical (unpaired) electrons. The number of nitrogens with zero attached hydrogens (tertiary/aromatic N) is 3. The van der Waals surface area contributed by atoms with Gasteiger partial charge in [0.05, 0.1) is 6.61 Å². The Morgan fingerprint density at radius 3 is 2.67 bits per heavy atom. The Morgan fingerprint density at radius 2 is 1.95 bits per heavy atom. The van der Waals surface area contributed by atoms with E-state index in [4.69, 9.17) is 10.8 Å². The maximum absolute atomic E-state index is 9.07. The average molecular weight is 284 g/mol. The molecule has 1 fully saturated rings. The normalized spacial score (nSPS) is 18.1. The molecule has 1 aromatic heterocycles. The number of rotatable bonds is 4. The fourth-order valence-electron chi connectivity index (χ4n) is 2.81. The minimum Gasteiger partial charge on any atom is -0.392 e.